The van der Waals surface area contributed by atoms with E-state index in [1.54, 1.807) is 0 Å². The molecule has 0 bridgehead atoms. The Labute approximate surface area is 108 Å². The van der Waals surface area contributed by atoms with Crippen molar-refractivity contribution in [3.63, 3.8) is 0 Å². The van der Waals surface area contributed by atoms with Gasteiger partial charge in [-0.1, -0.05) is 0 Å². The molecule has 0 saturated heterocycles. The lowest BCUT2D eigenvalue weighted by Crippen LogP contribution is -2.11. The first kappa shape index (κ1) is 11.5. The Kier molecular flexibility index (Phi) is 2.96. The average Bonchev–Trinajstić information content (AvgIpc) is 2.95. The number of nitrogens with one attached hydrogen (secondary N) is 1. The third-order valence-corrected chi connectivity index (χ3v) is 3.74. The average molecular weight is 244 g/mol. The van der Waals surface area contributed by atoms with Crippen LogP contribution in [0.4, 0.5) is 0 Å². The lowest BCUT2D eigenvalue weighted by atomic mass is 10.2. The summed E-state index contributed by atoms with van der Waals surface area (Å²) < 4.78 is 4.56. The van der Waals surface area contributed by atoms with Gasteiger partial charge < -0.3 is 14.5 Å². The zero-order chi connectivity index (χ0) is 12.5. The molecule has 18 heavy (non-hydrogen) atoms. The molecule has 0 aliphatic heterocycles. The summed E-state index contributed by atoms with van der Waals surface area (Å²) in [7, 11) is 1.99. The summed E-state index contributed by atoms with van der Waals surface area (Å²) in [5.41, 5.74) is 2.63. The summed E-state index contributed by atoms with van der Waals surface area (Å²) in [6, 6.07) is 3.28. The SMILES string of the molecule is CNC(C)c1ccn(Cc2cncn2C2CC2)c1. The van der Waals surface area contributed by atoms with Crippen molar-refractivity contribution in [2.75, 3.05) is 7.05 Å². The second-order valence-corrected chi connectivity index (χ2v) is 5.15. The van der Waals surface area contributed by atoms with E-state index >= 15 is 0 Å². The van der Waals surface area contributed by atoms with Crippen LogP contribution in [0.15, 0.2) is 31.0 Å². The fraction of sp³-hybridized carbons (Fsp3) is 0.500. The molecular weight excluding hydrogens is 224 g/mol. The third kappa shape index (κ3) is 2.20. The number of aromatic nitrogens is 3. The largest absolute Gasteiger partial charge is 0.348 e. The molecule has 2 aromatic rings. The van der Waals surface area contributed by atoms with Gasteiger partial charge in [0.2, 0.25) is 0 Å². The van der Waals surface area contributed by atoms with Gasteiger partial charge in [-0.2, -0.15) is 0 Å². The van der Waals surface area contributed by atoms with E-state index in [0.29, 0.717) is 12.1 Å². The van der Waals surface area contributed by atoms with Crippen LogP contribution in [0.5, 0.6) is 0 Å². The highest BCUT2D eigenvalue weighted by Crippen LogP contribution is 2.35. The molecule has 0 aromatic carbocycles. The minimum atomic E-state index is 0.402. The maximum Gasteiger partial charge on any atom is 0.0951 e. The van der Waals surface area contributed by atoms with Gasteiger partial charge in [-0.25, -0.2) is 4.98 Å². The van der Waals surface area contributed by atoms with Gasteiger partial charge in [0.25, 0.3) is 0 Å². The van der Waals surface area contributed by atoms with Gasteiger partial charge in [0.15, 0.2) is 0 Å². The van der Waals surface area contributed by atoms with Crippen molar-refractivity contribution in [3.05, 3.63) is 42.2 Å². The molecule has 1 atom stereocenters. The Balaban J connectivity index is 1.75. The molecule has 96 valence electrons. The van der Waals surface area contributed by atoms with E-state index in [4.69, 9.17) is 0 Å². The quantitative estimate of drug-likeness (QED) is 0.876. The van der Waals surface area contributed by atoms with Gasteiger partial charge in [-0.3, -0.25) is 0 Å². The fourth-order valence-corrected chi connectivity index (χ4v) is 2.30. The van der Waals surface area contributed by atoms with Crippen molar-refractivity contribution in [2.24, 2.45) is 0 Å². The lowest BCUT2D eigenvalue weighted by Gasteiger charge is -2.09. The number of hydrogen-bond acceptors (Lipinski definition) is 2. The van der Waals surface area contributed by atoms with Crippen LogP contribution in [0, 0.1) is 0 Å². The Bertz CT molecular complexity index is 521. The molecule has 2 heterocycles. The summed E-state index contributed by atoms with van der Waals surface area (Å²) in [6.45, 7) is 3.08. The van der Waals surface area contributed by atoms with Crippen LogP contribution < -0.4 is 5.32 Å². The van der Waals surface area contributed by atoms with E-state index in [0.717, 1.165) is 6.54 Å². The minimum absolute atomic E-state index is 0.402. The van der Waals surface area contributed by atoms with E-state index < -0.39 is 0 Å². The zero-order valence-electron chi connectivity index (χ0n) is 11.0. The second-order valence-electron chi connectivity index (χ2n) is 5.15. The predicted octanol–water partition coefficient (Wildman–Crippen LogP) is 2.35. The smallest absolute Gasteiger partial charge is 0.0951 e. The van der Waals surface area contributed by atoms with Gasteiger partial charge in [0.05, 0.1) is 18.6 Å². The topological polar surface area (TPSA) is 34.8 Å². The van der Waals surface area contributed by atoms with Crippen LogP contribution in [0.3, 0.4) is 0 Å². The third-order valence-electron chi connectivity index (χ3n) is 3.74. The fourth-order valence-electron chi connectivity index (χ4n) is 2.30. The first-order chi connectivity index (χ1) is 8.78. The summed E-state index contributed by atoms with van der Waals surface area (Å²) in [5.74, 6) is 0. The molecule has 1 aliphatic carbocycles. The van der Waals surface area contributed by atoms with Crippen molar-refractivity contribution >= 4 is 0 Å². The lowest BCUT2D eigenvalue weighted by molar-refractivity contribution is 0.639. The number of hydrogen-bond donors (Lipinski definition) is 1. The molecule has 4 heteroatoms. The van der Waals surface area contributed by atoms with Crippen LogP contribution in [0.1, 0.15) is 43.1 Å². The normalized spacial score (nSPS) is 17.0. The maximum absolute atomic E-state index is 4.27. The maximum atomic E-state index is 4.27. The van der Waals surface area contributed by atoms with E-state index in [1.165, 1.54) is 24.1 Å². The predicted molar refractivity (Wildman–Crippen MR) is 71.5 cm³/mol. The molecule has 1 fully saturated rings. The van der Waals surface area contributed by atoms with Gasteiger partial charge in [0.1, 0.15) is 0 Å². The molecule has 0 spiro atoms. The zero-order valence-corrected chi connectivity index (χ0v) is 11.0. The molecular formula is C14H20N4. The monoisotopic (exact) mass is 244 g/mol. The molecule has 4 nitrogen and oxygen atoms in total. The van der Waals surface area contributed by atoms with Gasteiger partial charge in [-0.15, -0.1) is 0 Å². The molecule has 1 unspecified atom stereocenters. The number of imidazole rings is 1. The molecule has 1 saturated carbocycles. The van der Waals surface area contributed by atoms with Crippen molar-refractivity contribution in [3.8, 4) is 0 Å². The minimum Gasteiger partial charge on any atom is -0.348 e. The van der Waals surface area contributed by atoms with Crippen molar-refractivity contribution in [1.29, 1.82) is 0 Å². The van der Waals surface area contributed by atoms with E-state index in [9.17, 15) is 0 Å². The summed E-state index contributed by atoms with van der Waals surface area (Å²) in [6.07, 6.45) is 10.9. The molecule has 3 rings (SSSR count). The molecule has 2 aromatic heterocycles. The van der Waals surface area contributed by atoms with Crippen LogP contribution in [0.2, 0.25) is 0 Å². The van der Waals surface area contributed by atoms with Gasteiger partial charge in [-0.05, 0) is 38.4 Å². The standard InChI is InChI=1S/C14H20N4/c1-11(15-2)12-5-6-17(8-12)9-14-7-16-10-18(14)13-3-4-13/h5-8,10-11,13,15H,3-4,9H2,1-2H3. The Morgan fingerprint density at radius 1 is 1.50 bits per heavy atom. The Hall–Kier alpha value is -1.55. The van der Waals surface area contributed by atoms with Crippen LogP contribution in [-0.4, -0.2) is 21.2 Å². The van der Waals surface area contributed by atoms with Crippen LogP contribution in [-0.2, 0) is 6.54 Å². The van der Waals surface area contributed by atoms with E-state index in [1.807, 2.05) is 19.6 Å². The molecule has 0 amide bonds. The first-order valence-electron chi connectivity index (χ1n) is 6.61. The second kappa shape index (κ2) is 4.61. The highest BCUT2D eigenvalue weighted by molar-refractivity contribution is 5.16. The summed E-state index contributed by atoms with van der Waals surface area (Å²) in [4.78, 5) is 4.27. The van der Waals surface area contributed by atoms with Crippen molar-refractivity contribution in [2.45, 2.75) is 38.4 Å². The molecule has 1 aliphatic rings. The van der Waals surface area contributed by atoms with Crippen LogP contribution >= 0.6 is 0 Å². The van der Waals surface area contributed by atoms with Crippen molar-refractivity contribution in [1.82, 2.24) is 19.4 Å². The highest BCUT2D eigenvalue weighted by Gasteiger charge is 2.25. The number of rotatable bonds is 5. The molecule has 0 radical (unpaired) electrons. The summed E-state index contributed by atoms with van der Waals surface area (Å²) in [5, 5.41) is 3.26. The number of nitrogens with zero attached hydrogens (tertiary/aromatic N) is 3. The first-order valence-corrected chi connectivity index (χ1v) is 6.61. The van der Waals surface area contributed by atoms with E-state index in [2.05, 4.69) is 44.8 Å². The molecule has 1 N–H and O–H groups in total. The van der Waals surface area contributed by atoms with Crippen molar-refractivity contribution < 1.29 is 0 Å². The van der Waals surface area contributed by atoms with Gasteiger partial charge in [0, 0.05) is 30.7 Å². The Morgan fingerprint density at radius 3 is 3.06 bits per heavy atom. The van der Waals surface area contributed by atoms with E-state index in [-0.39, 0.29) is 0 Å². The highest BCUT2D eigenvalue weighted by atomic mass is 15.1. The Morgan fingerprint density at radius 2 is 2.33 bits per heavy atom. The van der Waals surface area contributed by atoms with Crippen LogP contribution in [0.25, 0.3) is 0 Å². The summed E-state index contributed by atoms with van der Waals surface area (Å²) >= 11 is 0. The van der Waals surface area contributed by atoms with Gasteiger partial charge >= 0.3 is 0 Å².